The molecule has 4 heterocycles. The second kappa shape index (κ2) is 7.13. The van der Waals surface area contributed by atoms with Crippen molar-refractivity contribution in [3.8, 4) is 0 Å². The first-order valence-corrected chi connectivity index (χ1v) is 8.80. The number of anilines is 1. The Morgan fingerprint density at radius 3 is 2.77 bits per heavy atom. The van der Waals surface area contributed by atoms with Crippen LogP contribution in [0, 0.1) is 0 Å². The van der Waals surface area contributed by atoms with Crippen molar-refractivity contribution in [3.05, 3.63) is 54.0 Å². The van der Waals surface area contributed by atoms with Crippen molar-refractivity contribution in [2.45, 2.75) is 6.54 Å². The van der Waals surface area contributed by atoms with Gasteiger partial charge < -0.3 is 20.1 Å². The number of nitrogens with one attached hydrogen (secondary N) is 2. The molecule has 26 heavy (non-hydrogen) atoms. The molecule has 7 heteroatoms. The van der Waals surface area contributed by atoms with Gasteiger partial charge in [-0.15, -0.1) is 0 Å². The van der Waals surface area contributed by atoms with Crippen LogP contribution in [0.3, 0.4) is 0 Å². The standard InChI is InChI=1S/C19H22N6O/c1-24-8-10-25(11-9-24)18-14(4-2-7-21-18)12-23-19(26)15-13-22-16-5-3-6-20-17(15)16/h2-7,13,22H,8-12H2,1H3,(H,23,26). The normalized spacial score (nSPS) is 15.3. The number of carbonyl (C=O) groups excluding carboxylic acids is 1. The van der Waals surface area contributed by atoms with Crippen LogP contribution in [0.2, 0.25) is 0 Å². The average molecular weight is 350 g/mol. The molecule has 0 saturated carbocycles. The number of aromatic amines is 1. The van der Waals surface area contributed by atoms with E-state index in [0.717, 1.165) is 43.1 Å². The number of hydrogen-bond acceptors (Lipinski definition) is 5. The highest BCUT2D eigenvalue weighted by Gasteiger charge is 2.19. The van der Waals surface area contributed by atoms with Gasteiger partial charge in [-0.1, -0.05) is 6.07 Å². The lowest BCUT2D eigenvalue weighted by molar-refractivity contribution is 0.0952. The van der Waals surface area contributed by atoms with Crippen LogP contribution < -0.4 is 10.2 Å². The van der Waals surface area contributed by atoms with Crippen molar-refractivity contribution in [2.24, 2.45) is 0 Å². The van der Waals surface area contributed by atoms with Gasteiger partial charge in [-0.2, -0.15) is 0 Å². The molecular formula is C19H22N6O. The minimum absolute atomic E-state index is 0.136. The Kier molecular flexibility index (Phi) is 4.53. The zero-order valence-electron chi connectivity index (χ0n) is 14.8. The second-order valence-corrected chi connectivity index (χ2v) is 6.56. The summed E-state index contributed by atoms with van der Waals surface area (Å²) in [6, 6.07) is 7.69. The van der Waals surface area contributed by atoms with Crippen LogP contribution in [0.1, 0.15) is 15.9 Å². The minimum Gasteiger partial charge on any atom is -0.359 e. The highest BCUT2D eigenvalue weighted by molar-refractivity contribution is 6.05. The number of H-pyrrole nitrogens is 1. The van der Waals surface area contributed by atoms with E-state index in [0.29, 0.717) is 17.6 Å². The predicted octanol–water partition coefficient (Wildman–Crippen LogP) is 1.64. The fraction of sp³-hybridized carbons (Fsp3) is 0.316. The van der Waals surface area contributed by atoms with E-state index in [1.165, 1.54) is 0 Å². The summed E-state index contributed by atoms with van der Waals surface area (Å²) in [5, 5.41) is 3.01. The lowest BCUT2D eigenvalue weighted by Crippen LogP contribution is -2.45. The molecule has 1 saturated heterocycles. The van der Waals surface area contributed by atoms with Crippen LogP contribution in [0.4, 0.5) is 5.82 Å². The van der Waals surface area contributed by atoms with Gasteiger partial charge in [0.05, 0.1) is 11.1 Å². The van der Waals surface area contributed by atoms with Gasteiger partial charge in [-0.05, 0) is 25.2 Å². The Labute approximate surface area is 152 Å². The molecule has 0 aromatic carbocycles. The maximum atomic E-state index is 12.6. The quantitative estimate of drug-likeness (QED) is 0.748. The molecule has 2 N–H and O–H groups in total. The number of amides is 1. The fourth-order valence-electron chi connectivity index (χ4n) is 3.27. The predicted molar refractivity (Wildman–Crippen MR) is 101 cm³/mol. The molecule has 1 amide bonds. The third-order valence-corrected chi connectivity index (χ3v) is 4.79. The van der Waals surface area contributed by atoms with E-state index < -0.39 is 0 Å². The SMILES string of the molecule is CN1CCN(c2ncccc2CNC(=O)c2c[nH]c3cccnc23)CC1. The fourth-order valence-corrected chi connectivity index (χ4v) is 3.27. The molecule has 1 aliphatic rings. The molecule has 4 rings (SSSR count). The minimum atomic E-state index is -0.136. The number of likely N-dealkylation sites (N-methyl/N-ethyl adjacent to an activating group) is 1. The first-order chi connectivity index (χ1) is 12.7. The topological polar surface area (TPSA) is 77.1 Å². The molecule has 0 radical (unpaired) electrons. The number of rotatable bonds is 4. The van der Waals surface area contributed by atoms with Gasteiger partial charge in [0.25, 0.3) is 5.91 Å². The largest absolute Gasteiger partial charge is 0.359 e. The summed E-state index contributed by atoms with van der Waals surface area (Å²) >= 11 is 0. The maximum Gasteiger partial charge on any atom is 0.255 e. The van der Waals surface area contributed by atoms with Crippen LogP contribution in [0.25, 0.3) is 11.0 Å². The molecule has 1 fully saturated rings. The first-order valence-electron chi connectivity index (χ1n) is 8.80. The van der Waals surface area contributed by atoms with E-state index in [4.69, 9.17) is 0 Å². The van der Waals surface area contributed by atoms with Crippen molar-refractivity contribution in [3.63, 3.8) is 0 Å². The number of carbonyl (C=O) groups is 1. The van der Waals surface area contributed by atoms with Gasteiger partial charge in [-0.25, -0.2) is 4.98 Å². The molecule has 1 aliphatic heterocycles. The highest BCUT2D eigenvalue weighted by Crippen LogP contribution is 2.19. The second-order valence-electron chi connectivity index (χ2n) is 6.56. The van der Waals surface area contributed by atoms with Crippen molar-refractivity contribution in [2.75, 3.05) is 38.1 Å². The van der Waals surface area contributed by atoms with Crippen LogP contribution in [0.15, 0.2) is 42.9 Å². The Balaban J connectivity index is 1.49. The molecule has 134 valence electrons. The molecule has 0 aliphatic carbocycles. The molecular weight excluding hydrogens is 328 g/mol. The van der Waals surface area contributed by atoms with Crippen molar-refractivity contribution in [1.29, 1.82) is 0 Å². The number of hydrogen-bond donors (Lipinski definition) is 2. The molecule has 0 unspecified atom stereocenters. The Morgan fingerprint density at radius 1 is 1.15 bits per heavy atom. The lowest BCUT2D eigenvalue weighted by Gasteiger charge is -2.34. The molecule has 0 spiro atoms. The zero-order chi connectivity index (χ0) is 17.9. The van der Waals surface area contributed by atoms with Gasteiger partial charge in [0.15, 0.2) is 0 Å². The molecule has 7 nitrogen and oxygen atoms in total. The summed E-state index contributed by atoms with van der Waals surface area (Å²) in [7, 11) is 2.13. The van der Waals surface area contributed by atoms with E-state index in [2.05, 4.69) is 37.1 Å². The van der Waals surface area contributed by atoms with E-state index in [-0.39, 0.29) is 5.91 Å². The van der Waals surface area contributed by atoms with Crippen molar-refractivity contribution < 1.29 is 4.79 Å². The molecule has 3 aromatic rings. The van der Waals surface area contributed by atoms with E-state index >= 15 is 0 Å². The molecule has 0 bridgehead atoms. The van der Waals surface area contributed by atoms with E-state index in [9.17, 15) is 4.79 Å². The Morgan fingerprint density at radius 2 is 1.92 bits per heavy atom. The Hall–Kier alpha value is -2.93. The molecule has 3 aromatic heterocycles. The number of piperazine rings is 1. The van der Waals surface area contributed by atoms with E-state index in [1.54, 1.807) is 12.4 Å². The highest BCUT2D eigenvalue weighted by atomic mass is 16.1. The van der Waals surface area contributed by atoms with Crippen LogP contribution in [-0.4, -0.2) is 59.0 Å². The Bertz CT molecular complexity index is 913. The van der Waals surface area contributed by atoms with Crippen LogP contribution in [-0.2, 0) is 6.54 Å². The number of pyridine rings is 2. The summed E-state index contributed by atoms with van der Waals surface area (Å²) in [5.74, 6) is 0.820. The third-order valence-electron chi connectivity index (χ3n) is 4.79. The monoisotopic (exact) mass is 350 g/mol. The average Bonchev–Trinajstić information content (AvgIpc) is 3.11. The number of fused-ring (bicyclic) bond motifs is 1. The summed E-state index contributed by atoms with van der Waals surface area (Å²) in [6.45, 7) is 4.36. The summed E-state index contributed by atoms with van der Waals surface area (Å²) in [5.41, 5.74) is 3.14. The third kappa shape index (κ3) is 3.25. The van der Waals surface area contributed by atoms with Gasteiger partial charge in [0.2, 0.25) is 0 Å². The number of aromatic nitrogens is 3. The van der Waals surface area contributed by atoms with Crippen LogP contribution in [0.5, 0.6) is 0 Å². The lowest BCUT2D eigenvalue weighted by atomic mass is 10.2. The zero-order valence-corrected chi connectivity index (χ0v) is 14.8. The summed E-state index contributed by atoms with van der Waals surface area (Å²) in [4.78, 5) is 29.1. The van der Waals surface area contributed by atoms with Crippen LogP contribution >= 0.6 is 0 Å². The summed E-state index contributed by atoms with van der Waals surface area (Å²) in [6.07, 6.45) is 5.21. The smallest absolute Gasteiger partial charge is 0.255 e. The maximum absolute atomic E-state index is 12.6. The van der Waals surface area contributed by atoms with Crippen molar-refractivity contribution >= 4 is 22.8 Å². The summed E-state index contributed by atoms with van der Waals surface area (Å²) < 4.78 is 0. The van der Waals surface area contributed by atoms with Gasteiger partial charge in [-0.3, -0.25) is 9.78 Å². The molecule has 0 atom stereocenters. The van der Waals surface area contributed by atoms with Gasteiger partial charge in [0, 0.05) is 56.9 Å². The van der Waals surface area contributed by atoms with E-state index in [1.807, 2.05) is 30.5 Å². The van der Waals surface area contributed by atoms with Crippen molar-refractivity contribution in [1.82, 2.24) is 25.2 Å². The number of nitrogens with zero attached hydrogens (tertiary/aromatic N) is 4. The first kappa shape index (κ1) is 16.5. The van der Waals surface area contributed by atoms with Gasteiger partial charge >= 0.3 is 0 Å². The van der Waals surface area contributed by atoms with Gasteiger partial charge in [0.1, 0.15) is 11.3 Å².